The standard InChI is InChI=1S/C19H22ClNO4/c20-16-6-4-12(5-7-16)10-21-17(22)11-25-19(24)15-8-13-2-1-3-14(9-15)18(13)23/h4-7,13-15H,1-3,8-11H2,(H,21,22)/t13-,14-/m1/s1. The van der Waals surface area contributed by atoms with Gasteiger partial charge >= 0.3 is 5.97 Å². The molecule has 0 radical (unpaired) electrons. The fourth-order valence-electron chi connectivity index (χ4n) is 3.78. The van der Waals surface area contributed by atoms with Gasteiger partial charge in [0, 0.05) is 23.4 Å². The van der Waals surface area contributed by atoms with Crippen LogP contribution in [0.3, 0.4) is 0 Å². The maximum Gasteiger partial charge on any atom is 0.309 e. The Bertz CT molecular complexity index is 642. The molecule has 0 aliphatic heterocycles. The zero-order chi connectivity index (χ0) is 17.8. The number of hydrogen-bond donors (Lipinski definition) is 1. The van der Waals surface area contributed by atoms with E-state index in [1.165, 1.54) is 0 Å². The molecule has 25 heavy (non-hydrogen) atoms. The van der Waals surface area contributed by atoms with Crippen LogP contribution >= 0.6 is 11.6 Å². The van der Waals surface area contributed by atoms with Gasteiger partial charge in [0.15, 0.2) is 6.61 Å². The molecule has 0 saturated heterocycles. The molecule has 2 aliphatic rings. The molecule has 1 aromatic carbocycles. The van der Waals surface area contributed by atoms with Gasteiger partial charge in [-0.05, 0) is 43.4 Å². The lowest BCUT2D eigenvalue weighted by Gasteiger charge is -2.36. The zero-order valence-electron chi connectivity index (χ0n) is 14.0. The van der Waals surface area contributed by atoms with Crippen LogP contribution in [0.2, 0.25) is 5.02 Å². The highest BCUT2D eigenvalue weighted by Gasteiger charge is 2.41. The number of fused-ring (bicyclic) bond motifs is 2. The molecule has 2 aliphatic carbocycles. The molecular formula is C19H22ClNO4. The first-order valence-electron chi connectivity index (χ1n) is 8.74. The number of ketones is 1. The Kier molecular flexibility index (Phi) is 5.74. The quantitative estimate of drug-likeness (QED) is 0.816. The average Bonchev–Trinajstić information content (AvgIpc) is 2.59. The number of rotatable bonds is 5. The predicted octanol–water partition coefficient (Wildman–Crippen LogP) is 2.89. The van der Waals surface area contributed by atoms with Gasteiger partial charge < -0.3 is 10.1 Å². The SMILES string of the molecule is O=C(COC(=O)C1C[C@H]2CCC[C@H](C1)C2=O)NCc1ccc(Cl)cc1. The van der Waals surface area contributed by atoms with Gasteiger partial charge in [-0.15, -0.1) is 0 Å². The normalized spacial score (nSPS) is 25.3. The molecule has 0 heterocycles. The zero-order valence-corrected chi connectivity index (χ0v) is 14.8. The minimum Gasteiger partial charge on any atom is -0.455 e. The molecule has 134 valence electrons. The van der Waals surface area contributed by atoms with Gasteiger partial charge in [0.05, 0.1) is 5.92 Å². The van der Waals surface area contributed by atoms with Crippen molar-refractivity contribution in [2.24, 2.45) is 17.8 Å². The number of benzene rings is 1. The van der Waals surface area contributed by atoms with E-state index in [-0.39, 0.29) is 36.2 Å². The van der Waals surface area contributed by atoms with Crippen LogP contribution < -0.4 is 5.32 Å². The number of amides is 1. The van der Waals surface area contributed by atoms with Gasteiger partial charge in [-0.2, -0.15) is 0 Å². The maximum absolute atomic E-state index is 12.2. The molecular weight excluding hydrogens is 342 g/mol. The molecule has 2 bridgehead atoms. The van der Waals surface area contributed by atoms with Crippen molar-refractivity contribution in [1.82, 2.24) is 5.32 Å². The summed E-state index contributed by atoms with van der Waals surface area (Å²) in [5.74, 6) is -0.623. The van der Waals surface area contributed by atoms with Gasteiger partial charge in [-0.1, -0.05) is 30.2 Å². The van der Waals surface area contributed by atoms with Crippen molar-refractivity contribution in [2.75, 3.05) is 6.61 Å². The smallest absolute Gasteiger partial charge is 0.309 e. The first kappa shape index (κ1) is 17.9. The molecule has 2 atom stereocenters. The topological polar surface area (TPSA) is 72.5 Å². The molecule has 2 saturated carbocycles. The summed E-state index contributed by atoms with van der Waals surface area (Å²) in [6, 6.07) is 7.16. The second kappa shape index (κ2) is 8.00. The van der Waals surface area contributed by atoms with Gasteiger partial charge in [-0.25, -0.2) is 0 Å². The van der Waals surface area contributed by atoms with E-state index in [2.05, 4.69) is 5.32 Å². The summed E-state index contributed by atoms with van der Waals surface area (Å²) in [7, 11) is 0. The molecule has 6 heteroatoms. The van der Waals surface area contributed by atoms with Crippen molar-refractivity contribution in [3.05, 3.63) is 34.9 Å². The number of hydrogen-bond acceptors (Lipinski definition) is 4. The Morgan fingerprint density at radius 3 is 2.40 bits per heavy atom. The van der Waals surface area contributed by atoms with E-state index in [0.717, 1.165) is 24.8 Å². The molecule has 1 amide bonds. The van der Waals surface area contributed by atoms with E-state index in [1.54, 1.807) is 12.1 Å². The van der Waals surface area contributed by atoms with Crippen LogP contribution in [0.1, 0.15) is 37.7 Å². The minimum atomic E-state index is -0.356. The van der Waals surface area contributed by atoms with Crippen molar-refractivity contribution in [3.8, 4) is 0 Å². The van der Waals surface area contributed by atoms with Gasteiger partial charge in [0.2, 0.25) is 0 Å². The number of halogens is 1. The largest absolute Gasteiger partial charge is 0.455 e. The summed E-state index contributed by atoms with van der Waals surface area (Å²) in [4.78, 5) is 36.1. The number of carbonyl (C=O) groups excluding carboxylic acids is 3. The summed E-state index contributed by atoms with van der Waals surface area (Å²) in [6.07, 6.45) is 3.96. The second-order valence-corrected chi connectivity index (χ2v) is 7.34. The average molecular weight is 364 g/mol. The Balaban J connectivity index is 1.42. The first-order valence-corrected chi connectivity index (χ1v) is 9.12. The molecule has 3 rings (SSSR count). The molecule has 0 aromatic heterocycles. The van der Waals surface area contributed by atoms with E-state index in [0.29, 0.717) is 30.2 Å². The Morgan fingerprint density at radius 1 is 1.12 bits per heavy atom. The number of nitrogens with one attached hydrogen (secondary N) is 1. The maximum atomic E-state index is 12.2. The van der Waals surface area contributed by atoms with Gasteiger partial charge in [0.1, 0.15) is 5.78 Å². The Hall–Kier alpha value is -1.88. The second-order valence-electron chi connectivity index (χ2n) is 6.91. The lowest BCUT2D eigenvalue weighted by molar-refractivity contribution is -0.156. The highest BCUT2D eigenvalue weighted by molar-refractivity contribution is 6.30. The van der Waals surface area contributed by atoms with Crippen LogP contribution in [0.4, 0.5) is 0 Å². The highest BCUT2D eigenvalue weighted by Crippen LogP contribution is 2.40. The summed E-state index contributed by atoms with van der Waals surface area (Å²) in [5, 5.41) is 3.35. The van der Waals surface area contributed by atoms with E-state index >= 15 is 0 Å². The van der Waals surface area contributed by atoms with Crippen molar-refractivity contribution < 1.29 is 19.1 Å². The fraction of sp³-hybridized carbons (Fsp3) is 0.526. The molecule has 0 spiro atoms. The predicted molar refractivity (Wildman–Crippen MR) is 92.8 cm³/mol. The lowest BCUT2D eigenvalue weighted by atomic mass is 9.67. The summed E-state index contributed by atoms with van der Waals surface area (Å²) in [6.45, 7) is 0.0713. The molecule has 2 fully saturated rings. The van der Waals surface area contributed by atoms with Crippen molar-refractivity contribution in [3.63, 3.8) is 0 Å². The minimum absolute atomic E-state index is 0.00350. The third-order valence-electron chi connectivity index (χ3n) is 5.13. The van der Waals surface area contributed by atoms with Crippen molar-refractivity contribution in [2.45, 2.75) is 38.6 Å². The van der Waals surface area contributed by atoms with E-state index < -0.39 is 0 Å². The van der Waals surface area contributed by atoms with Gasteiger partial charge in [0.25, 0.3) is 5.91 Å². The van der Waals surface area contributed by atoms with Crippen LogP contribution in [-0.2, 0) is 25.7 Å². The van der Waals surface area contributed by atoms with Crippen molar-refractivity contribution in [1.29, 1.82) is 0 Å². The van der Waals surface area contributed by atoms with Crippen LogP contribution in [-0.4, -0.2) is 24.3 Å². The molecule has 0 unspecified atom stereocenters. The highest BCUT2D eigenvalue weighted by atomic mass is 35.5. The van der Waals surface area contributed by atoms with E-state index in [1.807, 2.05) is 12.1 Å². The third kappa shape index (κ3) is 4.60. The van der Waals surface area contributed by atoms with Crippen molar-refractivity contribution >= 4 is 29.3 Å². The summed E-state index contributed by atoms with van der Waals surface area (Å²) >= 11 is 5.81. The van der Waals surface area contributed by atoms with Crippen LogP contribution in [0.25, 0.3) is 0 Å². The third-order valence-corrected chi connectivity index (χ3v) is 5.38. The molecule has 5 nitrogen and oxygen atoms in total. The number of Topliss-reactive ketones (excluding diaryl/α,β-unsaturated/α-hetero) is 1. The van der Waals surface area contributed by atoms with Gasteiger partial charge in [-0.3, -0.25) is 14.4 Å². The fourth-order valence-corrected chi connectivity index (χ4v) is 3.91. The van der Waals surface area contributed by atoms with E-state index in [4.69, 9.17) is 16.3 Å². The summed E-state index contributed by atoms with van der Waals surface area (Å²) in [5.41, 5.74) is 0.919. The van der Waals surface area contributed by atoms with Crippen LogP contribution in [0.15, 0.2) is 24.3 Å². The summed E-state index contributed by atoms with van der Waals surface area (Å²) < 4.78 is 5.17. The lowest BCUT2D eigenvalue weighted by Crippen LogP contribution is -2.40. The number of esters is 1. The number of ether oxygens (including phenoxy) is 1. The Labute approximate surface area is 152 Å². The van der Waals surface area contributed by atoms with Crippen LogP contribution in [0, 0.1) is 17.8 Å². The molecule has 1 aromatic rings. The monoisotopic (exact) mass is 363 g/mol. The Morgan fingerprint density at radius 2 is 1.76 bits per heavy atom. The molecule has 1 N–H and O–H groups in total. The van der Waals surface area contributed by atoms with Crippen LogP contribution in [0.5, 0.6) is 0 Å². The first-order chi connectivity index (χ1) is 12.0. The van der Waals surface area contributed by atoms with E-state index in [9.17, 15) is 14.4 Å². The number of carbonyl (C=O) groups is 3.